The van der Waals surface area contributed by atoms with E-state index >= 15 is 0 Å². The molecule has 98 valence electrons. The van der Waals surface area contributed by atoms with Gasteiger partial charge in [0.15, 0.2) is 0 Å². The number of hydrogen-bond acceptors (Lipinski definition) is 3. The molecular weight excluding hydrogens is 224 g/mol. The van der Waals surface area contributed by atoms with E-state index in [0.717, 1.165) is 18.1 Å². The number of pyridine rings is 1. The number of aromatic nitrogens is 1. The summed E-state index contributed by atoms with van der Waals surface area (Å²) >= 11 is 0. The molecule has 3 heteroatoms. The Balaban J connectivity index is 1.86. The van der Waals surface area contributed by atoms with Crippen molar-refractivity contribution >= 4 is 6.08 Å². The van der Waals surface area contributed by atoms with E-state index in [0.29, 0.717) is 12.5 Å². The Morgan fingerprint density at radius 2 is 2.17 bits per heavy atom. The van der Waals surface area contributed by atoms with Crippen LogP contribution in [0.2, 0.25) is 0 Å². The molecule has 1 aromatic rings. The Kier molecular flexibility index (Phi) is 5.21. The van der Waals surface area contributed by atoms with E-state index in [4.69, 9.17) is 10.5 Å². The second-order valence-corrected chi connectivity index (χ2v) is 4.88. The molecule has 18 heavy (non-hydrogen) atoms. The predicted molar refractivity (Wildman–Crippen MR) is 74.4 cm³/mol. The standard InChI is InChI=1S/C15H22N2O/c16-9-4-7-13-8-10-17-15(11-13)18-12-14-5-2-1-3-6-14/h4,7-8,10-11,14H,1-3,5-6,9,12,16H2. The van der Waals surface area contributed by atoms with Crippen LogP contribution < -0.4 is 10.5 Å². The molecule has 0 atom stereocenters. The van der Waals surface area contributed by atoms with Crippen molar-refractivity contribution in [1.29, 1.82) is 0 Å². The maximum atomic E-state index is 5.79. The van der Waals surface area contributed by atoms with Crippen molar-refractivity contribution in [3.63, 3.8) is 0 Å². The molecule has 0 aliphatic heterocycles. The lowest BCUT2D eigenvalue weighted by molar-refractivity contribution is 0.203. The predicted octanol–water partition coefficient (Wildman–Crippen LogP) is 3.01. The average molecular weight is 246 g/mol. The van der Waals surface area contributed by atoms with Gasteiger partial charge in [-0.3, -0.25) is 0 Å². The van der Waals surface area contributed by atoms with Gasteiger partial charge in [0.25, 0.3) is 0 Å². The summed E-state index contributed by atoms with van der Waals surface area (Å²) in [6.45, 7) is 1.36. The van der Waals surface area contributed by atoms with Crippen LogP contribution in [0.5, 0.6) is 5.88 Å². The van der Waals surface area contributed by atoms with Crippen LogP contribution in [0, 0.1) is 5.92 Å². The van der Waals surface area contributed by atoms with Crippen LogP contribution >= 0.6 is 0 Å². The molecule has 1 aliphatic rings. The van der Waals surface area contributed by atoms with Crippen molar-refractivity contribution in [1.82, 2.24) is 4.98 Å². The summed E-state index contributed by atoms with van der Waals surface area (Å²) in [5.41, 5.74) is 6.53. The second kappa shape index (κ2) is 7.17. The highest BCUT2D eigenvalue weighted by molar-refractivity contribution is 5.50. The lowest BCUT2D eigenvalue weighted by Crippen LogP contribution is -2.15. The van der Waals surface area contributed by atoms with Crippen LogP contribution in [-0.4, -0.2) is 18.1 Å². The van der Waals surface area contributed by atoms with Crippen LogP contribution in [0.4, 0.5) is 0 Å². The molecule has 1 heterocycles. The van der Waals surface area contributed by atoms with Crippen molar-refractivity contribution in [2.45, 2.75) is 32.1 Å². The molecule has 2 rings (SSSR count). The van der Waals surface area contributed by atoms with Crippen LogP contribution in [0.25, 0.3) is 6.08 Å². The first-order valence-electron chi connectivity index (χ1n) is 6.84. The number of nitrogens with two attached hydrogens (primary N) is 1. The molecule has 0 aromatic carbocycles. The van der Waals surface area contributed by atoms with Crippen molar-refractivity contribution in [3.05, 3.63) is 30.0 Å². The molecule has 0 spiro atoms. The quantitative estimate of drug-likeness (QED) is 0.868. The highest BCUT2D eigenvalue weighted by Crippen LogP contribution is 2.24. The molecule has 0 unspecified atom stereocenters. The summed E-state index contributed by atoms with van der Waals surface area (Å²) in [6.07, 6.45) is 12.4. The Hall–Kier alpha value is -1.35. The summed E-state index contributed by atoms with van der Waals surface area (Å²) in [5, 5.41) is 0. The molecular formula is C15H22N2O. The van der Waals surface area contributed by atoms with E-state index in [2.05, 4.69) is 4.98 Å². The molecule has 0 saturated heterocycles. The largest absolute Gasteiger partial charge is 0.477 e. The number of nitrogens with zero attached hydrogens (tertiary/aromatic N) is 1. The maximum Gasteiger partial charge on any atom is 0.213 e. The lowest BCUT2D eigenvalue weighted by atomic mass is 9.90. The molecule has 2 N–H and O–H groups in total. The van der Waals surface area contributed by atoms with Crippen molar-refractivity contribution in [3.8, 4) is 5.88 Å². The van der Waals surface area contributed by atoms with Crippen molar-refractivity contribution in [2.24, 2.45) is 11.7 Å². The highest BCUT2D eigenvalue weighted by Gasteiger charge is 2.14. The zero-order valence-corrected chi connectivity index (χ0v) is 10.8. The van der Waals surface area contributed by atoms with Gasteiger partial charge in [-0.15, -0.1) is 0 Å². The molecule has 0 bridgehead atoms. The van der Waals surface area contributed by atoms with Crippen LogP contribution in [0.15, 0.2) is 24.4 Å². The molecule has 1 saturated carbocycles. The molecule has 0 amide bonds. The first kappa shape index (κ1) is 13.1. The minimum atomic E-state index is 0.556. The Morgan fingerprint density at radius 1 is 1.33 bits per heavy atom. The second-order valence-electron chi connectivity index (χ2n) is 4.88. The van der Waals surface area contributed by atoms with Gasteiger partial charge in [0, 0.05) is 18.8 Å². The fraction of sp³-hybridized carbons (Fsp3) is 0.533. The topological polar surface area (TPSA) is 48.1 Å². The van der Waals surface area contributed by atoms with Crippen molar-refractivity contribution in [2.75, 3.05) is 13.2 Å². The van der Waals surface area contributed by atoms with E-state index in [9.17, 15) is 0 Å². The smallest absolute Gasteiger partial charge is 0.213 e. The van der Waals surface area contributed by atoms with E-state index < -0.39 is 0 Å². The summed E-state index contributed by atoms with van der Waals surface area (Å²) in [6, 6.07) is 3.93. The highest BCUT2D eigenvalue weighted by atomic mass is 16.5. The summed E-state index contributed by atoms with van der Waals surface area (Å²) < 4.78 is 5.79. The first-order valence-corrected chi connectivity index (χ1v) is 6.84. The third kappa shape index (κ3) is 4.15. The van der Waals surface area contributed by atoms with E-state index in [-0.39, 0.29) is 0 Å². The Bertz CT molecular complexity index is 384. The minimum Gasteiger partial charge on any atom is -0.477 e. The number of rotatable bonds is 5. The Morgan fingerprint density at radius 3 is 2.94 bits per heavy atom. The van der Waals surface area contributed by atoms with E-state index in [1.807, 2.05) is 24.3 Å². The molecule has 1 aliphatic carbocycles. The summed E-state index contributed by atoms with van der Waals surface area (Å²) in [5.74, 6) is 1.43. The maximum absolute atomic E-state index is 5.79. The van der Waals surface area contributed by atoms with Gasteiger partial charge in [0.1, 0.15) is 0 Å². The normalized spacial score (nSPS) is 17.2. The molecule has 0 radical (unpaired) electrons. The van der Waals surface area contributed by atoms with Crippen LogP contribution in [-0.2, 0) is 0 Å². The van der Waals surface area contributed by atoms with Gasteiger partial charge >= 0.3 is 0 Å². The van der Waals surface area contributed by atoms with Gasteiger partial charge < -0.3 is 10.5 Å². The third-order valence-electron chi connectivity index (χ3n) is 3.40. The average Bonchev–Trinajstić information content (AvgIpc) is 2.44. The van der Waals surface area contributed by atoms with Gasteiger partial charge in [0.05, 0.1) is 6.61 Å². The molecule has 1 fully saturated rings. The Labute approximate surface area is 109 Å². The van der Waals surface area contributed by atoms with E-state index in [1.54, 1.807) is 6.20 Å². The van der Waals surface area contributed by atoms with Gasteiger partial charge in [0.2, 0.25) is 5.88 Å². The zero-order chi connectivity index (χ0) is 12.6. The third-order valence-corrected chi connectivity index (χ3v) is 3.40. The summed E-state index contributed by atoms with van der Waals surface area (Å²) in [7, 11) is 0. The summed E-state index contributed by atoms with van der Waals surface area (Å²) in [4.78, 5) is 4.24. The van der Waals surface area contributed by atoms with E-state index in [1.165, 1.54) is 32.1 Å². The van der Waals surface area contributed by atoms with Crippen LogP contribution in [0.3, 0.4) is 0 Å². The monoisotopic (exact) mass is 246 g/mol. The first-order chi connectivity index (χ1) is 8.88. The number of hydrogen-bond donors (Lipinski definition) is 1. The van der Waals surface area contributed by atoms with Crippen LogP contribution in [0.1, 0.15) is 37.7 Å². The fourth-order valence-corrected chi connectivity index (χ4v) is 2.37. The lowest BCUT2D eigenvalue weighted by Gasteiger charge is -2.21. The van der Waals surface area contributed by atoms with Gasteiger partial charge in [-0.05, 0) is 30.4 Å². The molecule has 3 nitrogen and oxygen atoms in total. The van der Waals surface area contributed by atoms with Gasteiger partial charge in [-0.25, -0.2) is 4.98 Å². The van der Waals surface area contributed by atoms with Gasteiger partial charge in [-0.2, -0.15) is 0 Å². The van der Waals surface area contributed by atoms with Gasteiger partial charge in [-0.1, -0.05) is 31.4 Å². The SMILES string of the molecule is NCC=Cc1ccnc(OCC2CCCCC2)c1. The van der Waals surface area contributed by atoms with Crippen molar-refractivity contribution < 1.29 is 4.74 Å². The molecule has 1 aromatic heterocycles. The fourth-order valence-electron chi connectivity index (χ4n) is 2.37. The zero-order valence-electron chi connectivity index (χ0n) is 10.8. The number of ether oxygens (including phenoxy) is 1. The minimum absolute atomic E-state index is 0.556.